The first-order valence-electron chi connectivity index (χ1n) is 7.44. The molecule has 1 fully saturated rings. The number of hydrogen-bond acceptors (Lipinski definition) is 3. The Morgan fingerprint density at radius 1 is 1.09 bits per heavy atom. The van der Waals surface area contributed by atoms with Crippen LogP contribution in [0.4, 0.5) is 0 Å². The second-order valence-electron chi connectivity index (χ2n) is 6.03. The molecule has 1 aliphatic heterocycles. The van der Waals surface area contributed by atoms with Gasteiger partial charge in [-0.15, -0.1) is 0 Å². The molecule has 1 N–H and O–H groups in total. The summed E-state index contributed by atoms with van der Waals surface area (Å²) in [7, 11) is -3.48. The van der Waals surface area contributed by atoms with Crippen molar-refractivity contribution < 1.29 is 8.42 Å². The van der Waals surface area contributed by atoms with Crippen LogP contribution in [-0.2, 0) is 15.4 Å². The summed E-state index contributed by atoms with van der Waals surface area (Å²) in [6.45, 7) is 0.531. The van der Waals surface area contributed by atoms with Crippen LogP contribution in [0.2, 0.25) is 5.02 Å². The maximum absolute atomic E-state index is 12.1. The van der Waals surface area contributed by atoms with Gasteiger partial charge in [-0.2, -0.15) is 0 Å². The molecule has 4 nitrogen and oxygen atoms in total. The molecule has 0 unspecified atom stereocenters. The molecular weight excluding hydrogens is 332 g/mol. The number of nitrogens with zero attached hydrogens (tertiary/aromatic N) is 1. The van der Waals surface area contributed by atoms with Crippen LogP contribution < -0.4 is 4.72 Å². The van der Waals surface area contributed by atoms with E-state index in [1.54, 1.807) is 18.2 Å². The van der Waals surface area contributed by atoms with Gasteiger partial charge in [0.05, 0.1) is 11.4 Å². The van der Waals surface area contributed by atoms with Crippen molar-refractivity contribution in [1.29, 1.82) is 0 Å². The first-order chi connectivity index (χ1) is 11.0. The summed E-state index contributed by atoms with van der Waals surface area (Å²) in [5.74, 6) is 0.430. The van der Waals surface area contributed by atoms with Crippen molar-refractivity contribution in [3.63, 3.8) is 0 Å². The van der Waals surface area contributed by atoms with Gasteiger partial charge in [0.2, 0.25) is 0 Å². The second-order valence-corrected chi connectivity index (χ2v) is 8.08. The maximum Gasteiger partial charge on any atom is 0.263 e. The van der Waals surface area contributed by atoms with Crippen molar-refractivity contribution in [3.05, 3.63) is 64.7 Å². The summed E-state index contributed by atoms with van der Waals surface area (Å²) in [4.78, 5) is 4.87. The minimum atomic E-state index is -3.48. The number of fused-ring (bicyclic) bond motifs is 1. The highest BCUT2D eigenvalue weighted by atomic mass is 35.5. The highest BCUT2D eigenvalue weighted by Crippen LogP contribution is 2.50. The van der Waals surface area contributed by atoms with Gasteiger partial charge in [-0.25, -0.2) is 8.42 Å². The van der Waals surface area contributed by atoms with Crippen molar-refractivity contribution in [3.8, 4) is 0 Å². The summed E-state index contributed by atoms with van der Waals surface area (Å²) in [6.07, 6.45) is 2.03. The van der Waals surface area contributed by atoms with Gasteiger partial charge in [0.15, 0.2) is 0 Å². The van der Waals surface area contributed by atoms with Crippen molar-refractivity contribution in [2.45, 2.75) is 23.2 Å². The topological polar surface area (TPSA) is 58.5 Å². The average Bonchev–Trinajstić information content (AvgIpc) is 3.28. The van der Waals surface area contributed by atoms with Crippen LogP contribution in [0.5, 0.6) is 0 Å². The molecule has 1 saturated carbocycles. The van der Waals surface area contributed by atoms with Gasteiger partial charge in [-0.05, 0) is 36.6 Å². The molecule has 0 saturated heterocycles. The quantitative estimate of drug-likeness (QED) is 0.928. The Morgan fingerprint density at radius 3 is 2.52 bits per heavy atom. The predicted molar refractivity (Wildman–Crippen MR) is 90.5 cm³/mol. The number of aliphatic imine (C=N–C) groups is 1. The number of benzene rings is 2. The SMILES string of the molecule is O=S1(=O)NC(=NCC2(c3ccccc3Cl)CC2)c2ccccc21. The number of halogens is 1. The Kier molecular flexibility index (Phi) is 3.25. The van der Waals surface area contributed by atoms with Crippen LogP contribution in [-0.4, -0.2) is 20.8 Å². The van der Waals surface area contributed by atoms with Gasteiger partial charge in [0.25, 0.3) is 10.0 Å². The number of hydrogen-bond donors (Lipinski definition) is 1. The Morgan fingerprint density at radius 2 is 1.78 bits per heavy atom. The van der Waals surface area contributed by atoms with E-state index in [9.17, 15) is 8.42 Å². The van der Waals surface area contributed by atoms with E-state index in [4.69, 9.17) is 11.6 Å². The maximum atomic E-state index is 12.1. The number of sulfonamides is 1. The first-order valence-corrected chi connectivity index (χ1v) is 9.30. The molecule has 0 bridgehead atoms. The first kappa shape index (κ1) is 14.7. The minimum absolute atomic E-state index is 0.0612. The fourth-order valence-corrected chi connectivity index (χ4v) is 4.62. The third-order valence-electron chi connectivity index (χ3n) is 4.50. The van der Waals surface area contributed by atoms with E-state index in [0.717, 1.165) is 23.4 Å². The van der Waals surface area contributed by atoms with Gasteiger partial charge in [0.1, 0.15) is 5.84 Å². The fraction of sp³-hybridized carbons (Fsp3) is 0.235. The van der Waals surface area contributed by atoms with E-state index in [-0.39, 0.29) is 5.41 Å². The molecule has 2 aromatic carbocycles. The lowest BCUT2D eigenvalue weighted by Gasteiger charge is -2.15. The largest absolute Gasteiger partial charge is 0.266 e. The van der Waals surface area contributed by atoms with Crippen LogP contribution in [0.3, 0.4) is 0 Å². The lowest BCUT2D eigenvalue weighted by molar-refractivity contribution is 0.595. The molecule has 118 valence electrons. The smallest absolute Gasteiger partial charge is 0.263 e. The van der Waals surface area contributed by atoms with Crippen molar-refractivity contribution in [2.75, 3.05) is 6.54 Å². The lowest BCUT2D eigenvalue weighted by Crippen LogP contribution is -2.24. The van der Waals surface area contributed by atoms with Gasteiger partial charge in [-0.1, -0.05) is 41.9 Å². The molecule has 1 aliphatic carbocycles. The van der Waals surface area contributed by atoms with Crippen LogP contribution in [0, 0.1) is 0 Å². The molecule has 0 atom stereocenters. The van der Waals surface area contributed by atoms with E-state index in [0.29, 0.717) is 22.8 Å². The lowest BCUT2D eigenvalue weighted by atomic mass is 9.96. The number of rotatable bonds is 3. The van der Waals surface area contributed by atoms with Crippen LogP contribution >= 0.6 is 11.6 Å². The Bertz CT molecular complexity index is 918. The molecule has 2 aliphatic rings. The Labute approximate surface area is 140 Å². The average molecular weight is 347 g/mol. The molecule has 1 heterocycles. The monoisotopic (exact) mass is 346 g/mol. The van der Waals surface area contributed by atoms with Crippen LogP contribution in [0.25, 0.3) is 0 Å². The van der Waals surface area contributed by atoms with E-state index >= 15 is 0 Å². The zero-order valence-electron chi connectivity index (χ0n) is 12.3. The summed E-state index contributed by atoms with van der Waals surface area (Å²) in [5.41, 5.74) is 1.68. The van der Waals surface area contributed by atoms with Crippen molar-refractivity contribution in [2.24, 2.45) is 4.99 Å². The normalized spacial score (nSPS) is 21.7. The van der Waals surface area contributed by atoms with Gasteiger partial charge in [0, 0.05) is 16.0 Å². The van der Waals surface area contributed by atoms with Gasteiger partial charge < -0.3 is 0 Å². The summed E-state index contributed by atoms with van der Waals surface area (Å²) in [5, 5.41) is 0.748. The molecule has 0 amide bonds. The van der Waals surface area contributed by atoms with E-state index in [1.807, 2.05) is 30.3 Å². The van der Waals surface area contributed by atoms with Crippen molar-refractivity contribution in [1.82, 2.24) is 4.72 Å². The molecule has 0 spiro atoms. The molecule has 0 aromatic heterocycles. The van der Waals surface area contributed by atoms with E-state index in [1.165, 1.54) is 0 Å². The standard InChI is InChI=1S/C17H15ClN2O2S/c18-14-7-3-2-6-13(14)17(9-10-17)11-19-16-12-5-1-4-8-15(12)23(21,22)20-16/h1-8H,9-11H2,(H,19,20). The molecule has 23 heavy (non-hydrogen) atoms. The van der Waals surface area contributed by atoms with Gasteiger partial charge >= 0.3 is 0 Å². The second kappa shape index (κ2) is 5.08. The summed E-state index contributed by atoms with van der Waals surface area (Å²) < 4.78 is 26.8. The van der Waals surface area contributed by atoms with Crippen molar-refractivity contribution >= 4 is 27.5 Å². The summed E-state index contributed by atoms with van der Waals surface area (Å²) in [6, 6.07) is 14.7. The summed E-state index contributed by atoms with van der Waals surface area (Å²) >= 11 is 6.31. The predicted octanol–water partition coefficient (Wildman–Crippen LogP) is 3.11. The molecule has 0 radical (unpaired) electrons. The highest BCUT2D eigenvalue weighted by Gasteiger charge is 2.45. The number of nitrogens with one attached hydrogen (secondary N) is 1. The zero-order valence-corrected chi connectivity index (χ0v) is 13.9. The fourth-order valence-electron chi connectivity index (χ4n) is 3.04. The molecule has 4 rings (SSSR count). The molecular formula is C17H15ClN2O2S. The Hall–Kier alpha value is -1.85. The molecule has 6 heteroatoms. The minimum Gasteiger partial charge on any atom is -0.266 e. The zero-order chi connectivity index (χ0) is 16.1. The number of amidine groups is 1. The van der Waals surface area contributed by atoms with E-state index < -0.39 is 10.0 Å². The molecule has 2 aromatic rings. The van der Waals surface area contributed by atoms with Crippen LogP contribution in [0.15, 0.2) is 58.4 Å². The van der Waals surface area contributed by atoms with Gasteiger partial charge in [-0.3, -0.25) is 9.71 Å². The van der Waals surface area contributed by atoms with E-state index in [2.05, 4.69) is 9.71 Å². The van der Waals surface area contributed by atoms with Crippen LogP contribution in [0.1, 0.15) is 24.0 Å². The third kappa shape index (κ3) is 2.44. The Balaban J connectivity index is 1.68. The highest BCUT2D eigenvalue weighted by molar-refractivity contribution is 7.90. The third-order valence-corrected chi connectivity index (χ3v) is 6.23.